The summed E-state index contributed by atoms with van der Waals surface area (Å²) in [7, 11) is 0. The summed E-state index contributed by atoms with van der Waals surface area (Å²) in [5.74, 6) is 0.286. The number of hydrogen-bond acceptors (Lipinski definition) is 2. The average molecular weight is 233 g/mol. The van der Waals surface area contributed by atoms with Crippen molar-refractivity contribution in [1.82, 2.24) is 0 Å². The minimum atomic E-state index is 0.286. The second-order valence-corrected chi connectivity index (χ2v) is 4.30. The van der Waals surface area contributed by atoms with Crippen molar-refractivity contribution >= 4 is 11.5 Å². The maximum Gasteiger partial charge on any atom is 0.0905 e. The number of amidine groups is 1. The van der Waals surface area contributed by atoms with Crippen LogP contribution < -0.4 is 10.6 Å². The molecule has 0 aliphatic heterocycles. The molecule has 0 radical (unpaired) electrons. The van der Waals surface area contributed by atoms with Crippen molar-refractivity contribution in [2.75, 3.05) is 18.0 Å². The highest BCUT2D eigenvalue weighted by atomic mass is 15.1. The summed E-state index contributed by atoms with van der Waals surface area (Å²) >= 11 is 0. The van der Waals surface area contributed by atoms with Gasteiger partial charge in [0, 0.05) is 25.2 Å². The number of hydrogen-bond donors (Lipinski definition) is 2. The van der Waals surface area contributed by atoms with Crippen molar-refractivity contribution in [2.45, 2.75) is 32.6 Å². The fourth-order valence-corrected chi connectivity index (χ4v) is 1.82. The molecule has 0 fully saturated rings. The van der Waals surface area contributed by atoms with Crippen LogP contribution in [-0.2, 0) is 0 Å². The van der Waals surface area contributed by atoms with Crippen molar-refractivity contribution < 1.29 is 0 Å². The molecule has 0 spiro atoms. The van der Waals surface area contributed by atoms with Crippen LogP contribution in [0.2, 0.25) is 0 Å². The minimum absolute atomic E-state index is 0.286. The van der Waals surface area contributed by atoms with Crippen LogP contribution in [0, 0.1) is 5.41 Å². The normalized spacial score (nSPS) is 10.2. The number of nitrogens with zero attached hydrogens (tertiary/aromatic N) is 1. The van der Waals surface area contributed by atoms with E-state index >= 15 is 0 Å². The molecule has 17 heavy (non-hydrogen) atoms. The van der Waals surface area contributed by atoms with Crippen LogP contribution in [0.3, 0.4) is 0 Å². The highest BCUT2D eigenvalue weighted by molar-refractivity contribution is 5.76. The van der Waals surface area contributed by atoms with Gasteiger partial charge in [0.15, 0.2) is 0 Å². The van der Waals surface area contributed by atoms with Gasteiger partial charge in [-0.25, -0.2) is 0 Å². The van der Waals surface area contributed by atoms with Crippen LogP contribution in [0.5, 0.6) is 0 Å². The predicted octanol–water partition coefficient (Wildman–Crippen LogP) is 3.01. The molecule has 0 atom stereocenters. The summed E-state index contributed by atoms with van der Waals surface area (Å²) in [6, 6.07) is 10.5. The van der Waals surface area contributed by atoms with E-state index in [1.165, 1.54) is 18.5 Å². The molecule has 1 aromatic rings. The van der Waals surface area contributed by atoms with E-state index in [4.69, 9.17) is 11.1 Å². The SMILES string of the molecule is CCCCN(CCCC(=N)N)c1ccccc1. The van der Waals surface area contributed by atoms with Gasteiger partial charge in [-0.05, 0) is 25.0 Å². The highest BCUT2D eigenvalue weighted by Crippen LogP contribution is 2.14. The summed E-state index contributed by atoms with van der Waals surface area (Å²) in [5, 5.41) is 7.24. The molecule has 1 rings (SSSR count). The molecule has 94 valence electrons. The number of benzene rings is 1. The largest absolute Gasteiger partial charge is 0.388 e. The summed E-state index contributed by atoms with van der Waals surface area (Å²) in [4.78, 5) is 2.38. The first-order valence-electron chi connectivity index (χ1n) is 6.37. The van der Waals surface area contributed by atoms with Gasteiger partial charge in [-0.15, -0.1) is 0 Å². The summed E-state index contributed by atoms with van der Waals surface area (Å²) in [5.41, 5.74) is 6.65. The minimum Gasteiger partial charge on any atom is -0.388 e. The summed E-state index contributed by atoms with van der Waals surface area (Å²) < 4.78 is 0. The number of anilines is 1. The highest BCUT2D eigenvalue weighted by Gasteiger charge is 2.05. The molecule has 0 amide bonds. The Morgan fingerprint density at radius 3 is 2.41 bits per heavy atom. The lowest BCUT2D eigenvalue weighted by atomic mass is 10.2. The number of nitrogens with two attached hydrogens (primary N) is 1. The number of para-hydroxylation sites is 1. The molecule has 3 heteroatoms. The Hall–Kier alpha value is -1.51. The molecule has 0 heterocycles. The Morgan fingerprint density at radius 2 is 1.82 bits per heavy atom. The molecule has 0 aromatic heterocycles. The third-order valence-electron chi connectivity index (χ3n) is 2.78. The number of nitrogens with one attached hydrogen (secondary N) is 1. The van der Waals surface area contributed by atoms with E-state index in [2.05, 4.69) is 36.1 Å². The van der Waals surface area contributed by atoms with Gasteiger partial charge < -0.3 is 10.6 Å². The van der Waals surface area contributed by atoms with Crippen molar-refractivity contribution in [2.24, 2.45) is 5.73 Å². The first-order valence-corrected chi connectivity index (χ1v) is 6.37. The van der Waals surface area contributed by atoms with Gasteiger partial charge in [-0.3, -0.25) is 5.41 Å². The fourth-order valence-electron chi connectivity index (χ4n) is 1.82. The van der Waals surface area contributed by atoms with Gasteiger partial charge in [-0.1, -0.05) is 31.5 Å². The molecule has 0 aliphatic rings. The molecule has 0 unspecified atom stereocenters. The van der Waals surface area contributed by atoms with Gasteiger partial charge in [0.2, 0.25) is 0 Å². The van der Waals surface area contributed by atoms with E-state index in [-0.39, 0.29) is 5.84 Å². The number of unbranched alkanes of at least 4 members (excludes halogenated alkanes) is 1. The first-order chi connectivity index (χ1) is 8.24. The van der Waals surface area contributed by atoms with Crippen molar-refractivity contribution in [3.63, 3.8) is 0 Å². The van der Waals surface area contributed by atoms with Gasteiger partial charge in [0.25, 0.3) is 0 Å². The van der Waals surface area contributed by atoms with E-state index < -0.39 is 0 Å². The van der Waals surface area contributed by atoms with Crippen LogP contribution in [0.4, 0.5) is 5.69 Å². The van der Waals surface area contributed by atoms with Crippen LogP contribution in [-0.4, -0.2) is 18.9 Å². The second kappa shape index (κ2) is 7.71. The summed E-state index contributed by atoms with van der Waals surface area (Å²) in [6.45, 7) is 4.26. The monoisotopic (exact) mass is 233 g/mol. The lowest BCUT2D eigenvalue weighted by Gasteiger charge is -2.24. The Balaban J connectivity index is 2.51. The molecule has 0 saturated heterocycles. The van der Waals surface area contributed by atoms with Crippen LogP contribution >= 0.6 is 0 Å². The first kappa shape index (κ1) is 13.6. The van der Waals surface area contributed by atoms with Gasteiger partial charge >= 0.3 is 0 Å². The van der Waals surface area contributed by atoms with E-state index in [0.29, 0.717) is 6.42 Å². The van der Waals surface area contributed by atoms with E-state index in [0.717, 1.165) is 19.5 Å². The second-order valence-electron chi connectivity index (χ2n) is 4.30. The van der Waals surface area contributed by atoms with Crippen LogP contribution in [0.25, 0.3) is 0 Å². The van der Waals surface area contributed by atoms with E-state index in [1.54, 1.807) is 0 Å². The molecular weight excluding hydrogens is 210 g/mol. The molecule has 0 aliphatic carbocycles. The zero-order valence-corrected chi connectivity index (χ0v) is 10.7. The van der Waals surface area contributed by atoms with Crippen molar-refractivity contribution in [3.8, 4) is 0 Å². The quantitative estimate of drug-likeness (QED) is 0.535. The van der Waals surface area contributed by atoms with Crippen molar-refractivity contribution in [3.05, 3.63) is 30.3 Å². The molecule has 3 N–H and O–H groups in total. The lowest BCUT2D eigenvalue weighted by Crippen LogP contribution is -2.26. The standard InChI is InChI=1S/C14H23N3/c1-2-3-11-17(12-7-10-14(15)16)13-8-5-4-6-9-13/h4-6,8-9H,2-3,7,10-12H2,1H3,(H3,15,16). The zero-order chi connectivity index (χ0) is 12.5. The van der Waals surface area contributed by atoms with Gasteiger partial charge in [-0.2, -0.15) is 0 Å². The third-order valence-corrected chi connectivity index (χ3v) is 2.78. The smallest absolute Gasteiger partial charge is 0.0905 e. The summed E-state index contributed by atoms with van der Waals surface area (Å²) in [6.07, 6.45) is 4.05. The van der Waals surface area contributed by atoms with Crippen molar-refractivity contribution in [1.29, 1.82) is 5.41 Å². The van der Waals surface area contributed by atoms with E-state index in [1.807, 2.05) is 6.07 Å². The maximum absolute atomic E-state index is 7.24. The molecule has 3 nitrogen and oxygen atoms in total. The van der Waals surface area contributed by atoms with E-state index in [9.17, 15) is 0 Å². The lowest BCUT2D eigenvalue weighted by molar-refractivity contribution is 0.693. The topological polar surface area (TPSA) is 53.1 Å². The Labute approximate surface area is 104 Å². The molecular formula is C14H23N3. The van der Waals surface area contributed by atoms with Crippen LogP contribution in [0.15, 0.2) is 30.3 Å². The zero-order valence-electron chi connectivity index (χ0n) is 10.7. The molecule has 1 aromatic carbocycles. The Morgan fingerprint density at radius 1 is 1.18 bits per heavy atom. The van der Waals surface area contributed by atoms with Crippen LogP contribution in [0.1, 0.15) is 32.6 Å². The maximum atomic E-state index is 7.24. The van der Waals surface area contributed by atoms with Gasteiger partial charge in [0.05, 0.1) is 5.84 Å². The van der Waals surface area contributed by atoms with Gasteiger partial charge in [0.1, 0.15) is 0 Å². The fraction of sp³-hybridized carbons (Fsp3) is 0.500. The Kier molecular flexibility index (Phi) is 6.15. The third kappa shape index (κ3) is 5.38. The number of rotatable bonds is 8. The Bertz CT molecular complexity index is 321. The average Bonchev–Trinajstić information content (AvgIpc) is 2.34. The molecule has 0 bridgehead atoms. The molecule has 0 saturated carbocycles. The predicted molar refractivity (Wildman–Crippen MR) is 74.7 cm³/mol.